The second-order valence-corrected chi connectivity index (χ2v) is 17.7. The number of hydrogen-bond acceptors (Lipinski definition) is 9. The number of ether oxygens (including phenoxy) is 3. The summed E-state index contributed by atoms with van der Waals surface area (Å²) in [6.07, 6.45) is 6.09. The smallest absolute Gasteiger partial charge is 0.407 e. The fourth-order valence-electron chi connectivity index (χ4n) is 10.2. The van der Waals surface area contributed by atoms with Crippen molar-refractivity contribution in [2.75, 3.05) is 20.8 Å². The molecule has 2 aromatic heterocycles. The van der Waals surface area contributed by atoms with Gasteiger partial charge < -0.3 is 44.6 Å². The molecule has 6 atom stereocenters. The number of nitrogens with zero attached hydrogens (tertiary/aromatic N) is 4. The first-order valence-electron chi connectivity index (χ1n) is 21.5. The van der Waals surface area contributed by atoms with E-state index in [4.69, 9.17) is 24.2 Å². The molecule has 1 aliphatic carbocycles. The molecule has 61 heavy (non-hydrogen) atoms. The highest BCUT2D eigenvalue weighted by molar-refractivity contribution is 6.07. The lowest BCUT2D eigenvalue weighted by Crippen LogP contribution is -2.53. The number of carbonyl (C=O) groups excluding carboxylic acids is 4. The number of alkyl carbamates (subject to hydrolysis) is 2. The number of nitrogens with one attached hydrogen (secondary N) is 4. The number of likely N-dealkylation sites (tertiary alicyclic amines) is 2. The quantitative estimate of drug-likeness (QED) is 0.117. The van der Waals surface area contributed by atoms with Crippen LogP contribution >= 0.6 is 0 Å². The number of methoxy groups -OCH3 is 2. The molecule has 0 bridgehead atoms. The molecule has 4 N–H and O–H groups in total. The van der Waals surface area contributed by atoms with Crippen LogP contribution in [0, 0.1) is 17.8 Å². The summed E-state index contributed by atoms with van der Waals surface area (Å²) < 4.78 is 16.1. The standard InChI is InChI=1S/C46H54N8O7/c1-23(2)38(51-45(57)59-5)43(55)53-16-8-11-35(53)41-47-21-33(49-41)26-12-14-29-28(17-26)22-61-37-20-30-25(18-31(29)37)13-15-32-40(30)50-42(48-32)36-19-27-9-7-10-34(27)54(36)44(56)39(24(3)4)52-46(58)60-6/h12-15,17-18,20-21,23-24,27,34-36,38-39H,7-11,16,19,22H2,1-6H3,(H,47,49)(H,48,50)(H,51,57)(H,52,58)/t27-,34-,35?,36?,38-,39-/m0/s1. The van der Waals surface area contributed by atoms with E-state index < -0.39 is 24.3 Å². The minimum absolute atomic E-state index is 0.0963. The predicted octanol–water partition coefficient (Wildman–Crippen LogP) is 7.53. The summed E-state index contributed by atoms with van der Waals surface area (Å²) in [5.41, 5.74) is 6.67. The minimum Gasteiger partial charge on any atom is -0.488 e. The van der Waals surface area contributed by atoms with E-state index in [2.05, 4.69) is 57.0 Å². The molecule has 9 rings (SSSR count). The molecule has 3 aliphatic heterocycles. The van der Waals surface area contributed by atoms with E-state index in [1.54, 1.807) is 0 Å². The van der Waals surface area contributed by atoms with Gasteiger partial charge in [-0.05, 0) is 96.2 Å². The Morgan fingerprint density at radius 2 is 1.57 bits per heavy atom. The number of H-pyrrole nitrogens is 2. The zero-order valence-corrected chi connectivity index (χ0v) is 35.5. The zero-order chi connectivity index (χ0) is 42.7. The van der Waals surface area contributed by atoms with Gasteiger partial charge in [0.25, 0.3) is 0 Å². The van der Waals surface area contributed by atoms with Crippen LogP contribution in [0.2, 0.25) is 0 Å². The Labute approximate surface area is 354 Å². The van der Waals surface area contributed by atoms with Crippen molar-refractivity contribution in [2.45, 2.75) is 103 Å². The molecule has 5 heterocycles. The summed E-state index contributed by atoms with van der Waals surface area (Å²) in [5.74, 6) is 2.16. The van der Waals surface area contributed by atoms with E-state index in [9.17, 15) is 19.2 Å². The number of fused-ring (bicyclic) bond motifs is 7. The van der Waals surface area contributed by atoms with Gasteiger partial charge in [-0.15, -0.1) is 0 Å². The van der Waals surface area contributed by atoms with E-state index in [0.717, 1.165) is 99.9 Å². The number of carbonyl (C=O) groups is 4. The predicted molar refractivity (Wildman–Crippen MR) is 228 cm³/mol. The second kappa shape index (κ2) is 16.1. The average Bonchev–Trinajstić information content (AvgIpc) is 4.11. The largest absolute Gasteiger partial charge is 0.488 e. The molecule has 4 aliphatic rings. The van der Waals surface area contributed by atoms with E-state index in [1.807, 2.05) is 49.8 Å². The second-order valence-electron chi connectivity index (χ2n) is 17.7. The van der Waals surface area contributed by atoms with Gasteiger partial charge in [-0.2, -0.15) is 0 Å². The Hall–Kier alpha value is -6.12. The van der Waals surface area contributed by atoms with Crippen molar-refractivity contribution in [3.8, 4) is 28.1 Å². The molecule has 2 saturated heterocycles. The number of benzene rings is 3. The minimum atomic E-state index is -0.707. The molecular weight excluding hydrogens is 777 g/mol. The third-order valence-corrected chi connectivity index (χ3v) is 13.3. The molecule has 5 aromatic rings. The van der Waals surface area contributed by atoms with Crippen LogP contribution in [0.3, 0.4) is 0 Å². The van der Waals surface area contributed by atoms with Crippen molar-refractivity contribution in [1.82, 2.24) is 40.4 Å². The summed E-state index contributed by atoms with van der Waals surface area (Å²) in [4.78, 5) is 73.1. The van der Waals surface area contributed by atoms with Crippen molar-refractivity contribution < 1.29 is 33.4 Å². The van der Waals surface area contributed by atoms with Gasteiger partial charge >= 0.3 is 12.2 Å². The summed E-state index contributed by atoms with van der Waals surface area (Å²) in [6.45, 7) is 8.65. The van der Waals surface area contributed by atoms with Crippen LogP contribution in [0.5, 0.6) is 5.75 Å². The molecule has 3 aromatic carbocycles. The Morgan fingerprint density at radius 3 is 2.31 bits per heavy atom. The van der Waals surface area contributed by atoms with Crippen LogP contribution in [0.25, 0.3) is 44.2 Å². The topological polar surface area (TPSA) is 184 Å². The van der Waals surface area contributed by atoms with Gasteiger partial charge in [0.2, 0.25) is 11.8 Å². The SMILES string of the molecule is COC(=O)N[C@H](C(=O)N1CCCC1c1ncc(-c2ccc3c(c2)COc2cc4c(ccc5nc(C6C[C@@H]7CCC[C@@H]7N6C(=O)[C@@H](NC(=O)OC)C(C)C)[nH]c54)cc2-3)[nH]1)C(C)C. The van der Waals surface area contributed by atoms with Crippen LogP contribution < -0.4 is 15.4 Å². The highest BCUT2D eigenvalue weighted by Crippen LogP contribution is 2.48. The molecule has 15 nitrogen and oxygen atoms in total. The van der Waals surface area contributed by atoms with Crippen molar-refractivity contribution >= 4 is 45.8 Å². The number of aromatic amines is 2. The average molecular weight is 831 g/mol. The maximum atomic E-state index is 14.3. The molecule has 3 fully saturated rings. The summed E-state index contributed by atoms with van der Waals surface area (Å²) in [6, 6.07) is 13.0. The summed E-state index contributed by atoms with van der Waals surface area (Å²) >= 11 is 0. The summed E-state index contributed by atoms with van der Waals surface area (Å²) in [5, 5.41) is 7.53. The van der Waals surface area contributed by atoms with Crippen LogP contribution in [-0.2, 0) is 25.7 Å². The third kappa shape index (κ3) is 7.20. The Bertz CT molecular complexity index is 2530. The van der Waals surface area contributed by atoms with Crippen molar-refractivity contribution in [3.63, 3.8) is 0 Å². The first-order valence-corrected chi connectivity index (χ1v) is 21.5. The van der Waals surface area contributed by atoms with Crippen LogP contribution in [0.15, 0.2) is 48.7 Å². The molecule has 1 saturated carbocycles. The van der Waals surface area contributed by atoms with Crippen LogP contribution in [0.4, 0.5) is 9.59 Å². The number of amides is 4. The van der Waals surface area contributed by atoms with Crippen molar-refractivity contribution in [3.05, 3.63) is 65.9 Å². The monoisotopic (exact) mass is 830 g/mol. The molecule has 0 spiro atoms. The molecule has 4 amide bonds. The maximum Gasteiger partial charge on any atom is 0.407 e. The third-order valence-electron chi connectivity index (χ3n) is 13.3. The summed E-state index contributed by atoms with van der Waals surface area (Å²) in [7, 11) is 2.60. The Kier molecular flexibility index (Phi) is 10.6. The number of rotatable bonds is 9. The van der Waals surface area contributed by atoms with E-state index in [-0.39, 0.29) is 41.8 Å². The number of hydrogen-bond donors (Lipinski definition) is 4. The normalized spacial score (nSPS) is 21.6. The van der Waals surface area contributed by atoms with Crippen molar-refractivity contribution in [2.24, 2.45) is 17.8 Å². The lowest BCUT2D eigenvalue weighted by atomic mass is 9.92. The Morgan fingerprint density at radius 1 is 0.820 bits per heavy atom. The molecule has 15 heteroatoms. The number of imidazole rings is 2. The van der Waals surface area contributed by atoms with Gasteiger partial charge in [0, 0.05) is 23.5 Å². The highest BCUT2D eigenvalue weighted by atomic mass is 16.5. The molecule has 320 valence electrons. The molecule has 2 unspecified atom stereocenters. The fraction of sp³-hybridized carbons (Fsp3) is 0.478. The van der Waals surface area contributed by atoms with Gasteiger partial charge in [-0.3, -0.25) is 9.59 Å². The van der Waals surface area contributed by atoms with Crippen LogP contribution in [-0.4, -0.2) is 92.6 Å². The maximum absolute atomic E-state index is 14.3. The number of aromatic nitrogens is 4. The molecule has 0 radical (unpaired) electrons. The fourth-order valence-corrected chi connectivity index (χ4v) is 10.2. The van der Waals surface area contributed by atoms with Gasteiger partial charge in [0.15, 0.2) is 0 Å². The van der Waals surface area contributed by atoms with Gasteiger partial charge in [0.1, 0.15) is 36.1 Å². The van der Waals surface area contributed by atoms with Crippen molar-refractivity contribution in [1.29, 1.82) is 0 Å². The van der Waals surface area contributed by atoms with Gasteiger partial charge in [-0.25, -0.2) is 19.6 Å². The van der Waals surface area contributed by atoms with E-state index in [0.29, 0.717) is 24.9 Å². The van der Waals surface area contributed by atoms with Gasteiger partial charge in [-0.1, -0.05) is 52.3 Å². The lowest BCUT2D eigenvalue weighted by molar-refractivity contribution is -0.138. The highest BCUT2D eigenvalue weighted by Gasteiger charge is 2.49. The van der Waals surface area contributed by atoms with E-state index in [1.165, 1.54) is 14.2 Å². The first-order chi connectivity index (χ1) is 29.4. The van der Waals surface area contributed by atoms with Gasteiger partial charge in [0.05, 0.1) is 49.2 Å². The first kappa shape index (κ1) is 40.3. The van der Waals surface area contributed by atoms with E-state index >= 15 is 0 Å². The molecular formula is C46H54N8O7. The Balaban J connectivity index is 0.974. The zero-order valence-electron chi connectivity index (χ0n) is 35.5. The lowest BCUT2D eigenvalue weighted by Gasteiger charge is -2.33. The van der Waals surface area contributed by atoms with Crippen LogP contribution in [0.1, 0.15) is 95.5 Å².